The summed E-state index contributed by atoms with van der Waals surface area (Å²) in [6, 6.07) is 8.26. The minimum absolute atomic E-state index is 0.0327. The van der Waals surface area contributed by atoms with E-state index >= 15 is 0 Å². The zero-order valence-electron chi connectivity index (χ0n) is 15.1. The average molecular weight is 355 g/mol. The molecule has 1 aromatic heterocycles. The summed E-state index contributed by atoms with van der Waals surface area (Å²) in [7, 11) is 1.84. The number of rotatable bonds is 3. The Kier molecular flexibility index (Phi) is 4.68. The van der Waals surface area contributed by atoms with Gasteiger partial charge in [-0.1, -0.05) is 18.2 Å². The maximum atomic E-state index is 12.7. The van der Waals surface area contributed by atoms with Gasteiger partial charge in [0.15, 0.2) is 0 Å². The smallest absolute Gasteiger partial charge is 0.248 e. The lowest BCUT2D eigenvalue weighted by Crippen LogP contribution is -2.52. The predicted molar refractivity (Wildman–Crippen MR) is 98.7 cm³/mol. The van der Waals surface area contributed by atoms with Crippen LogP contribution in [0.15, 0.2) is 30.5 Å². The van der Waals surface area contributed by atoms with Crippen molar-refractivity contribution in [3.05, 3.63) is 36.0 Å². The van der Waals surface area contributed by atoms with Gasteiger partial charge in [0.25, 0.3) is 0 Å². The fourth-order valence-corrected chi connectivity index (χ4v) is 4.15. The van der Waals surface area contributed by atoms with Gasteiger partial charge >= 0.3 is 0 Å². The molecule has 26 heavy (non-hydrogen) atoms. The van der Waals surface area contributed by atoms with Gasteiger partial charge in [0.2, 0.25) is 11.8 Å². The number of aryl methyl sites for hydroxylation is 1. The molecule has 2 saturated heterocycles. The van der Waals surface area contributed by atoms with Gasteiger partial charge in [-0.15, -0.1) is 0 Å². The van der Waals surface area contributed by atoms with Crippen LogP contribution in [0, 0.1) is 0 Å². The lowest BCUT2D eigenvalue weighted by molar-refractivity contribution is -0.154. The Balaban J connectivity index is 1.37. The fourth-order valence-electron chi connectivity index (χ4n) is 4.15. The first-order valence-corrected chi connectivity index (χ1v) is 9.33. The molecule has 6 heteroatoms. The fraction of sp³-hybridized carbons (Fsp3) is 0.500. The van der Waals surface area contributed by atoms with Gasteiger partial charge in [0.05, 0.1) is 12.1 Å². The summed E-state index contributed by atoms with van der Waals surface area (Å²) in [5.41, 5.74) is 2.30. The third-order valence-electron chi connectivity index (χ3n) is 5.76. The van der Waals surface area contributed by atoms with E-state index in [4.69, 9.17) is 4.74 Å². The van der Waals surface area contributed by atoms with Crippen LogP contribution in [0.25, 0.3) is 10.9 Å². The van der Waals surface area contributed by atoms with E-state index in [9.17, 15) is 9.59 Å². The second-order valence-electron chi connectivity index (χ2n) is 7.24. The number of nitrogens with zero attached hydrogens (tertiary/aromatic N) is 2. The molecule has 2 aliphatic heterocycles. The number of aromatic amines is 1. The van der Waals surface area contributed by atoms with Crippen LogP contribution in [0.2, 0.25) is 0 Å². The normalized spacial score (nSPS) is 23.8. The van der Waals surface area contributed by atoms with E-state index in [-0.39, 0.29) is 30.6 Å². The summed E-state index contributed by atoms with van der Waals surface area (Å²) < 4.78 is 5.71. The molecule has 0 spiro atoms. The van der Waals surface area contributed by atoms with Crippen molar-refractivity contribution >= 4 is 22.7 Å². The molecule has 0 aliphatic carbocycles. The molecule has 2 amide bonds. The summed E-state index contributed by atoms with van der Waals surface area (Å²) in [4.78, 5) is 31.6. The number of fused-ring (bicyclic) bond motifs is 2. The van der Waals surface area contributed by atoms with Crippen molar-refractivity contribution in [3.63, 3.8) is 0 Å². The second-order valence-corrected chi connectivity index (χ2v) is 7.24. The molecular formula is C20H25N3O3. The van der Waals surface area contributed by atoms with Gasteiger partial charge in [0.1, 0.15) is 6.61 Å². The van der Waals surface area contributed by atoms with Crippen LogP contribution < -0.4 is 0 Å². The zero-order chi connectivity index (χ0) is 18.1. The Bertz CT molecular complexity index is 815. The van der Waals surface area contributed by atoms with Gasteiger partial charge in [-0.25, -0.2) is 0 Å². The van der Waals surface area contributed by atoms with Crippen LogP contribution in [-0.2, 0) is 20.7 Å². The Morgan fingerprint density at radius 1 is 1.27 bits per heavy atom. The number of hydrogen-bond acceptors (Lipinski definition) is 3. The highest BCUT2D eigenvalue weighted by molar-refractivity contribution is 5.84. The summed E-state index contributed by atoms with van der Waals surface area (Å²) in [5.74, 6) is 0.216. The number of morpholine rings is 1. The van der Waals surface area contributed by atoms with Crippen molar-refractivity contribution in [1.29, 1.82) is 0 Å². The largest absolute Gasteiger partial charge is 0.366 e. The summed E-state index contributed by atoms with van der Waals surface area (Å²) in [5, 5.41) is 1.19. The van der Waals surface area contributed by atoms with Crippen LogP contribution in [0.5, 0.6) is 0 Å². The van der Waals surface area contributed by atoms with Gasteiger partial charge < -0.3 is 19.5 Å². The van der Waals surface area contributed by atoms with Gasteiger partial charge in [-0.3, -0.25) is 9.59 Å². The number of nitrogens with one attached hydrogen (secondary N) is 1. The molecule has 1 aromatic carbocycles. The molecular weight excluding hydrogens is 330 g/mol. The van der Waals surface area contributed by atoms with Crippen LogP contribution in [0.4, 0.5) is 0 Å². The van der Waals surface area contributed by atoms with E-state index in [0.717, 1.165) is 24.8 Å². The summed E-state index contributed by atoms with van der Waals surface area (Å²) >= 11 is 0. The number of H-pyrrole nitrogens is 1. The number of aromatic nitrogens is 1. The Morgan fingerprint density at radius 2 is 2.08 bits per heavy atom. The van der Waals surface area contributed by atoms with Crippen molar-refractivity contribution in [3.8, 4) is 0 Å². The zero-order valence-corrected chi connectivity index (χ0v) is 15.1. The molecule has 2 aliphatic rings. The van der Waals surface area contributed by atoms with Crippen LogP contribution in [0.1, 0.15) is 24.8 Å². The Morgan fingerprint density at radius 3 is 2.96 bits per heavy atom. The van der Waals surface area contributed by atoms with Crippen molar-refractivity contribution in [1.82, 2.24) is 14.8 Å². The molecule has 2 fully saturated rings. The highest BCUT2D eigenvalue weighted by Crippen LogP contribution is 2.24. The lowest BCUT2D eigenvalue weighted by Gasteiger charge is -2.37. The van der Waals surface area contributed by atoms with Gasteiger partial charge in [0, 0.05) is 43.7 Å². The molecule has 2 aromatic rings. The van der Waals surface area contributed by atoms with Crippen LogP contribution in [0.3, 0.4) is 0 Å². The Labute approximate surface area is 153 Å². The van der Waals surface area contributed by atoms with Crippen molar-refractivity contribution < 1.29 is 14.3 Å². The number of likely N-dealkylation sites (N-methyl/N-ethyl adjacent to an activating group) is 1. The van der Waals surface area contributed by atoms with E-state index in [0.29, 0.717) is 19.5 Å². The van der Waals surface area contributed by atoms with Crippen molar-refractivity contribution in [2.45, 2.75) is 37.8 Å². The lowest BCUT2D eigenvalue weighted by atomic mass is 10.0. The number of hydrogen-bond donors (Lipinski definition) is 1. The van der Waals surface area contributed by atoms with E-state index in [1.54, 1.807) is 4.90 Å². The summed E-state index contributed by atoms with van der Waals surface area (Å²) in [6.07, 6.45) is 4.87. The van der Waals surface area contributed by atoms with E-state index in [2.05, 4.69) is 17.1 Å². The first-order chi connectivity index (χ1) is 12.6. The van der Waals surface area contributed by atoms with Crippen molar-refractivity contribution in [2.75, 3.05) is 26.7 Å². The van der Waals surface area contributed by atoms with Crippen LogP contribution in [-0.4, -0.2) is 65.5 Å². The minimum Gasteiger partial charge on any atom is -0.366 e. The minimum atomic E-state index is 0.0327. The SMILES string of the molecule is CN1C(=O)CO[C@H]2CCN(C(=O)CCc3c[nH]c4ccccc34)CC[C@@H]21. The number of benzene rings is 1. The number of carbonyl (C=O) groups excluding carboxylic acids is 2. The maximum Gasteiger partial charge on any atom is 0.248 e. The van der Waals surface area contributed by atoms with Gasteiger partial charge in [-0.05, 0) is 30.9 Å². The van der Waals surface area contributed by atoms with Crippen molar-refractivity contribution in [2.24, 2.45) is 0 Å². The number of ether oxygens (including phenoxy) is 1. The topological polar surface area (TPSA) is 65.6 Å². The number of amides is 2. The van der Waals surface area contributed by atoms with E-state index in [1.807, 2.05) is 30.3 Å². The standard InChI is InChI=1S/C20H25N3O3/c1-22-17-8-10-23(11-9-18(17)26-13-20(22)25)19(24)7-6-14-12-21-16-5-3-2-4-15(14)16/h2-5,12,17-18,21H,6-11,13H2,1H3/t17-,18-/m0/s1. The molecule has 0 radical (unpaired) electrons. The van der Waals surface area contributed by atoms with E-state index < -0.39 is 0 Å². The molecule has 2 atom stereocenters. The molecule has 3 heterocycles. The highest BCUT2D eigenvalue weighted by atomic mass is 16.5. The number of likely N-dealkylation sites (tertiary alicyclic amines) is 1. The monoisotopic (exact) mass is 355 g/mol. The quantitative estimate of drug-likeness (QED) is 0.915. The molecule has 0 bridgehead atoms. The van der Waals surface area contributed by atoms with Gasteiger partial charge in [-0.2, -0.15) is 0 Å². The maximum absolute atomic E-state index is 12.7. The number of para-hydroxylation sites is 1. The third-order valence-corrected chi connectivity index (χ3v) is 5.76. The van der Waals surface area contributed by atoms with E-state index in [1.165, 1.54) is 10.9 Å². The molecule has 4 rings (SSSR count). The average Bonchev–Trinajstić information content (AvgIpc) is 2.94. The molecule has 0 unspecified atom stereocenters. The molecule has 138 valence electrons. The first kappa shape index (κ1) is 17.1. The second kappa shape index (κ2) is 7.11. The molecule has 0 saturated carbocycles. The first-order valence-electron chi connectivity index (χ1n) is 9.33. The van der Waals surface area contributed by atoms with Crippen LogP contribution >= 0.6 is 0 Å². The Hall–Kier alpha value is -2.34. The highest BCUT2D eigenvalue weighted by Gasteiger charge is 2.37. The summed E-state index contributed by atoms with van der Waals surface area (Å²) in [6.45, 7) is 1.55. The predicted octanol–water partition coefficient (Wildman–Crippen LogP) is 1.95. The molecule has 6 nitrogen and oxygen atoms in total. The third kappa shape index (κ3) is 3.21. The number of carbonyl (C=O) groups is 2. The molecule has 1 N–H and O–H groups in total.